The molecule has 4 heterocycles. The first-order valence-electron chi connectivity index (χ1n) is 21.9. The quantitative estimate of drug-likeness (QED) is 0.159. The van der Waals surface area contributed by atoms with Crippen molar-refractivity contribution in [2.24, 2.45) is 5.92 Å². The van der Waals surface area contributed by atoms with E-state index >= 15 is 0 Å². The zero-order chi connectivity index (χ0) is 43.2. The molecule has 3 saturated carbocycles. The summed E-state index contributed by atoms with van der Waals surface area (Å²) in [5.74, 6) is -1.39. The maximum absolute atomic E-state index is 14.8. The number of furan rings is 1. The number of allylic oxidation sites excluding steroid dienone is 1. The summed E-state index contributed by atoms with van der Waals surface area (Å²) >= 11 is 0. The minimum atomic E-state index is -3.92. The van der Waals surface area contributed by atoms with Gasteiger partial charge in [0.25, 0.3) is 5.91 Å². The molecule has 2 aromatic heterocycles. The number of nitrogens with zero attached hydrogens (tertiary/aromatic N) is 2. The average Bonchev–Trinajstić information content (AvgIpc) is 4.07. The third kappa shape index (κ3) is 8.57. The van der Waals surface area contributed by atoms with Gasteiger partial charge in [-0.15, -0.1) is 0 Å². The SMILES string of the molecule is COc1ccc2c(c1)oc1c(O[C@@H]3C[C@H]4C(=O)N[C@]5(C(=O)NS(=O)(=O)C6CC6)C[C@H]5/C=C\CCCCC[C@H](NC(=O)OC5CCCC5)C(=O)N4C3)cc(-c3ccc(C)cc3)nc12. The zero-order valence-corrected chi connectivity index (χ0v) is 35.8. The van der Waals surface area contributed by atoms with E-state index in [9.17, 15) is 27.6 Å². The van der Waals surface area contributed by atoms with Gasteiger partial charge in [-0.2, -0.15) is 0 Å². The first-order chi connectivity index (χ1) is 29.9. The summed E-state index contributed by atoms with van der Waals surface area (Å²) in [6.07, 6.45) is 9.98. The Balaban J connectivity index is 1.06. The Kier molecular flexibility index (Phi) is 11.4. The largest absolute Gasteiger partial charge is 0.497 e. The topological polar surface area (TPSA) is 195 Å². The second kappa shape index (κ2) is 16.9. The standard InChI is InChI=1S/C46H53N5O10S/c1-27-14-16-28(17-15-27)36-24-39(41-40(47-36)34-21-18-31(58-2)23-38(34)61-41)59-32-22-37-42(52)49-46(44(54)50-62(56,57)33-19-20-33)25-29(46)10-6-4-3-5-7-13-35(43(53)51(37)26-32)48-45(55)60-30-11-8-9-12-30/h6,10,14-18,21,23-24,29-30,32-33,35,37H,3-5,7-9,11-13,19-20,22,25-26H2,1-2H3,(H,48,55)(H,49,52)(H,50,54)/b10-6-/t29-,32-,35+,37+,46-/m1/s1. The molecular weight excluding hydrogens is 815 g/mol. The Bertz CT molecular complexity index is 2530. The second-order valence-electron chi connectivity index (χ2n) is 17.5. The number of aryl methyl sites for hydroxylation is 1. The molecule has 4 amide bonds. The van der Waals surface area contributed by atoms with Crippen LogP contribution in [0.25, 0.3) is 33.3 Å². The summed E-state index contributed by atoms with van der Waals surface area (Å²) in [6, 6.07) is 13.1. The highest BCUT2D eigenvalue weighted by atomic mass is 32.2. The van der Waals surface area contributed by atoms with Gasteiger partial charge in [0.1, 0.15) is 46.7 Å². The van der Waals surface area contributed by atoms with Crippen LogP contribution in [0, 0.1) is 12.8 Å². The minimum Gasteiger partial charge on any atom is -0.497 e. The van der Waals surface area contributed by atoms with Crippen molar-refractivity contribution in [3.8, 4) is 22.8 Å². The smallest absolute Gasteiger partial charge is 0.408 e. The number of carbonyl (C=O) groups is 4. The van der Waals surface area contributed by atoms with Crippen LogP contribution in [0.4, 0.5) is 4.79 Å². The number of methoxy groups -OCH3 is 1. The lowest BCUT2D eigenvalue weighted by molar-refractivity contribution is -0.141. The van der Waals surface area contributed by atoms with Gasteiger partial charge in [-0.3, -0.25) is 19.1 Å². The lowest BCUT2D eigenvalue weighted by atomic mass is 10.0. The van der Waals surface area contributed by atoms with Crippen LogP contribution in [0.5, 0.6) is 11.5 Å². The molecule has 3 N–H and O–H groups in total. The molecule has 0 spiro atoms. The predicted octanol–water partition coefficient (Wildman–Crippen LogP) is 6.35. The molecule has 4 aromatic rings. The molecule has 15 nitrogen and oxygen atoms in total. The van der Waals surface area contributed by atoms with Crippen molar-refractivity contribution < 1.29 is 46.2 Å². The van der Waals surface area contributed by atoms with Crippen LogP contribution in [0.15, 0.2) is 65.1 Å². The maximum atomic E-state index is 14.8. The summed E-state index contributed by atoms with van der Waals surface area (Å²) in [5.41, 5.74) is 2.49. The first kappa shape index (κ1) is 41.7. The lowest BCUT2D eigenvalue weighted by Gasteiger charge is -2.30. The average molecular weight is 868 g/mol. The number of benzene rings is 2. The fourth-order valence-corrected chi connectivity index (χ4v) is 10.5. The number of carbonyl (C=O) groups excluding carboxylic acids is 4. The molecule has 2 aliphatic heterocycles. The highest BCUT2D eigenvalue weighted by molar-refractivity contribution is 7.91. The molecule has 16 heteroatoms. The molecule has 2 aromatic carbocycles. The van der Waals surface area contributed by atoms with Crippen LogP contribution in [-0.2, 0) is 29.1 Å². The zero-order valence-electron chi connectivity index (χ0n) is 35.0. The van der Waals surface area contributed by atoms with Crippen LogP contribution in [0.2, 0.25) is 0 Å². The van der Waals surface area contributed by atoms with Crippen LogP contribution in [-0.4, -0.2) is 90.9 Å². The number of amides is 4. The lowest BCUT2D eigenvalue weighted by Crippen LogP contribution is -2.58. The van der Waals surface area contributed by atoms with Gasteiger partial charge in [0.2, 0.25) is 21.8 Å². The third-order valence-corrected chi connectivity index (χ3v) is 14.8. The predicted molar refractivity (Wildman–Crippen MR) is 230 cm³/mol. The number of ether oxygens (including phenoxy) is 3. The number of fused-ring (bicyclic) bond motifs is 5. The molecule has 5 atom stereocenters. The summed E-state index contributed by atoms with van der Waals surface area (Å²) in [7, 11) is -2.34. The van der Waals surface area contributed by atoms with Crippen molar-refractivity contribution in [1.82, 2.24) is 25.2 Å². The van der Waals surface area contributed by atoms with E-state index in [2.05, 4.69) is 15.4 Å². The van der Waals surface area contributed by atoms with Gasteiger partial charge in [-0.1, -0.05) is 54.8 Å². The number of sulfonamides is 1. The molecular formula is C46H53N5O10S. The highest BCUT2D eigenvalue weighted by Gasteiger charge is 2.62. The van der Waals surface area contributed by atoms with E-state index < -0.39 is 68.7 Å². The Hall–Kier alpha value is -5.64. The summed E-state index contributed by atoms with van der Waals surface area (Å²) in [6.45, 7) is 1.97. The van der Waals surface area contributed by atoms with E-state index in [-0.39, 0.29) is 25.5 Å². The summed E-state index contributed by atoms with van der Waals surface area (Å²) in [5, 5.41) is 5.87. The van der Waals surface area contributed by atoms with E-state index in [0.717, 1.165) is 55.0 Å². The number of aromatic nitrogens is 1. The van der Waals surface area contributed by atoms with E-state index in [1.807, 2.05) is 55.5 Å². The third-order valence-electron chi connectivity index (χ3n) is 12.9. The van der Waals surface area contributed by atoms with Crippen molar-refractivity contribution in [3.63, 3.8) is 0 Å². The van der Waals surface area contributed by atoms with E-state index in [1.165, 1.54) is 4.90 Å². The normalized spacial score (nSPS) is 26.5. The van der Waals surface area contributed by atoms with Gasteiger partial charge < -0.3 is 34.2 Å². The molecule has 5 aliphatic rings. The number of alkyl carbamates (subject to hydrolysis) is 1. The minimum absolute atomic E-state index is 0.0210. The number of pyridine rings is 1. The van der Waals surface area contributed by atoms with Crippen molar-refractivity contribution in [3.05, 3.63) is 66.2 Å². The van der Waals surface area contributed by atoms with Crippen molar-refractivity contribution >= 4 is 55.9 Å². The van der Waals surface area contributed by atoms with Crippen molar-refractivity contribution in [1.29, 1.82) is 0 Å². The fraction of sp³-hybridized carbons (Fsp3) is 0.500. The summed E-state index contributed by atoms with van der Waals surface area (Å²) in [4.78, 5) is 63.1. The van der Waals surface area contributed by atoms with Gasteiger partial charge >= 0.3 is 6.09 Å². The molecule has 0 unspecified atom stereocenters. The number of nitrogens with one attached hydrogen (secondary N) is 3. The molecule has 1 saturated heterocycles. The van der Waals surface area contributed by atoms with E-state index in [1.54, 1.807) is 19.2 Å². The van der Waals surface area contributed by atoms with Crippen molar-refractivity contribution in [2.45, 2.75) is 125 Å². The Morgan fingerprint density at radius 3 is 2.48 bits per heavy atom. The number of hydrogen-bond donors (Lipinski definition) is 3. The molecule has 0 radical (unpaired) electrons. The van der Waals surface area contributed by atoms with Crippen LogP contribution >= 0.6 is 0 Å². The monoisotopic (exact) mass is 867 g/mol. The van der Waals surface area contributed by atoms with Gasteiger partial charge in [-0.25, -0.2) is 18.2 Å². The molecule has 9 rings (SSSR count). The molecule has 4 fully saturated rings. The highest BCUT2D eigenvalue weighted by Crippen LogP contribution is 2.46. The van der Waals surface area contributed by atoms with Crippen LogP contribution in [0.1, 0.15) is 89.0 Å². The van der Waals surface area contributed by atoms with Gasteiger partial charge in [-0.05, 0) is 83.3 Å². The van der Waals surface area contributed by atoms with Gasteiger partial charge in [0.15, 0.2) is 11.3 Å². The van der Waals surface area contributed by atoms with Gasteiger partial charge in [0, 0.05) is 35.4 Å². The number of hydrogen-bond acceptors (Lipinski definition) is 11. The van der Waals surface area contributed by atoms with E-state index in [4.69, 9.17) is 23.6 Å². The summed E-state index contributed by atoms with van der Waals surface area (Å²) < 4.78 is 52.6. The molecule has 3 aliphatic carbocycles. The second-order valence-corrected chi connectivity index (χ2v) is 19.5. The van der Waals surface area contributed by atoms with Crippen molar-refractivity contribution in [2.75, 3.05) is 13.7 Å². The maximum Gasteiger partial charge on any atom is 0.408 e. The number of rotatable bonds is 9. The molecule has 0 bridgehead atoms. The molecule has 328 valence electrons. The Morgan fingerprint density at radius 1 is 0.952 bits per heavy atom. The van der Waals surface area contributed by atoms with Crippen LogP contribution in [0.3, 0.4) is 0 Å². The Morgan fingerprint density at radius 2 is 1.73 bits per heavy atom. The first-order valence-corrected chi connectivity index (χ1v) is 23.4. The van der Waals surface area contributed by atoms with E-state index in [0.29, 0.717) is 66.0 Å². The fourth-order valence-electron chi connectivity index (χ4n) is 9.13. The van der Waals surface area contributed by atoms with Gasteiger partial charge in [0.05, 0.1) is 24.6 Å². The van der Waals surface area contributed by atoms with Crippen LogP contribution < -0.4 is 24.8 Å². The molecule has 62 heavy (non-hydrogen) atoms. The Labute approximate surface area is 360 Å².